The topological polar surface area (TPSA) is 75.6 Å². The summed E-state index contributed by atoms with van der Waals surface area (Å²) >= 11 is 1.68. The zero-order chi connectivity index (χ0) is 33.6. The van der Waals surface area contributed by atoms with E-state index in [9.17, 15) is 5.11 Å². The lowest BCUT2D eigenvalue weighted by Crippen LogP contribution is -2.58. The van der Waals surface area contributed by atoms with Gasteiger partial charge in [0.1, 0.15) is 17.6 Å². The summed E-state index contributed by atoms with van der Waals surface area (Å²) in [6, 6.07) is 14.2. The fourth-order valence-corrected chi connectivity index (χ4v) is 6.90. The summed E-state index contributed by atoms with van der Waals surface area (Å²) in [6.45, 7) is 15.6. The molecule has 2 heterocycles. The van der Waals surface area contributed by atoms with Crippen molar-refractivity contribution in [3.05, 3.63) is 65.0 Å². The predicted molar refractivity (Wildman–Crippen MR) is 192 cm³/mol. The molecule has 1 unspecified atom stereocenters. The number of ether oxygens (including phenoxy) is 6. The van der Waals surface area contributed by atoms with Crippen molar-refractivity contribution in [1.29, 1.82) is 0 Å². The first kappa shape index (κ1) is 37.4. The molecular weight excluding hydrogens is 612 g/mol. The van der Waals surface area contributed by atoms with Crippen LogP contribution in [0.4, 0.5) is 0 Å². The summed E-state index contributed by atoms with van der Waals surface area (Å²) in [6.07, 6.45) is 6.55. The number of thiophene rings is 1. The van der Waals surface area contributed by atoms with Crippen molar-refractivity contribution in [3.63, 3.8) is 0 Å². The number of hydrogen-bond donors (Lipinski definition) is 1. The zero-order valence-corrected chi connectivity index (χ0v) is 30.0. The Kier molecular flexibility index (Phi) is 15.0. The lowest BCUT2D eigenvalue weighted by atomic mass is 9.87. The number of hydrogen-bond acceptors (Lipinski definition) is 8. The molecule has 0 amide bonds. The van der Waals surface area contributed by atoms with Crippen LogP contribution >= 0.6 is 11.3 Å². The third-order valence-electron chi connectivity index (χ3n) is 8.63. The molecule has 0 bridgehead atoms. The highest BCUT2D eigenvalue weighted by molar-refractivity contribution is 7.20. The van der Waals surface area contributed by atoms with E-state index in [0.717, 1.165) is 72.8 Å². The van der Waals surface area contributed by atoms with Crippen molar-refractivity contribution < 1.29 is 33.5 Å². The van der Waals surface area contributed by atoms with Gasteiger partial charge in [-0.05, 0) is 54.8 Å². The van der Waals surface area contributed by atoms with Gasteiger partial charge in [0.2, 0.25) is 5.79 Å². The van der Waals surface area contributed by atoms with Crippen LogP contribution in [-0.4, -0.2) is 63.6 Å². The number of unbranched alkanes of at least 4 members (excludes halogenated alkanes) is 4. The number of aliphatic hydroxyl groups is 1. The Bertz CT molecular complexity index is 1350. The molecule has 0 spiro atoms. The predicted octanol–water partition coefficient (Wildman–Crippen LogP) is 9.27. The third-order valence-corrected chi connectivity index (χ3v) is 9.80. The Balaban J connectivity index is 1.84. The van der Waals surface area contributed by atoms with Crippen LogP contribution in [0.2, 0.25) is 0 Å². The van der Waals surface area contributed by atoms with Crippen LogP contribution in [0.25, 0.3) is 15.7 Å². The lowest BCUT2D eigenvalue weighted by molar-refractivity contribution is -0.348. The van der Waals surface area contributed by atoms with Gasteiger partial charge in [-0.3, -0.25) is 0 Å². The maximum atomic E-state index is 13.0. The van der Waals surface area contributed by atoms with Crippen molar-refractivity contribution in [2.24, 2.45) is 0 Å². The molecule has 8 heteroatoms. The van der Waals surface area contributed by atoms with Crippen LogP contribution in [0.15, 0.2) is 49.0 Å². The van der Waals surface area contributed by atoms with Crippen molar-refractivity contribution in [2.75, 3.05) is 40.1 Å². The normalized spacial score (nSPS) is 21.3. The van der Waals surface area contributed by atoms with Crippen LogP contribution in [-0.2, 0) is 24.7 Å². The summed E-state index contributed by atoms with van der Waals surface area (Å²) in [7, 11) is 1.65. The van der Waals surface area contributed by atoms with Gasteiger partial charge in [0.05, 0.1) is 38.1 Å². The van der Waals surface area contributed by atoms with Gasteiger partial charge in [-0.1, -0.05) is 78.2 Å². The van der Waals surface area contributed by atoms with E-state index in [-0.39, 0.29) is 0 Å². The number of benzene rings is 2. The molecule has 1 aromatic heterocycles. The average Bonchev–Trinajstić information content (AvgIpc) is 3.52. The molecule has 1 N–H and O–H groups in total. The van der Waals surface area contributed by atoms with Gasteiger partial charge in [-0.25, -0.2) is 0 Å². The molecule has 3 aromatic rings. The fourth-order valence-electron chi connectivity index (χ4n) is 5.85. The quantitative estimate of drug-likeness (QED) is 0.113. The first-order chi connectivity index (χ1) is 22.9. The molecule has 0 radical (unpaired) electrons. The summed E-state index contributed by atoms with van der Waals surface area (Å²) < 4.78 is 39.3. The van der Waals surface area contributed by atoms with Gasteiger partial charge in [0, 0.05) is 47.4 Å². The van der Waals surface area contributed by atoms with Crippen LogP contribution in [0, 0.1) is 0 Å². The van der Waals surface area contributed by atoms with Gasteiger partial charge < -0.3 is 33.5 Å². The summed E-state index contributed by atoms with van der Waals surface area (Å²) in [5.74, 6) is -0.777. The summed E-state index contributed by atoms with van der Waals surface area (Å²) in [5, 5.41) is 14.1. The Hall–Kier alpha value is -2.46. The maximum absolute atomic E-state index is 13.0. The smallest absolute Gasteiger partial charge is 0.226 e. The van der Waals surface area contributed by atoms with Gasteiger partial charge >= 0.3 is 0 Å². The molecule has 2 aromatic carbocycles. The average molecular weight is 669 g/mol. The molecule has 1 aliphatic heterocycles. The highest BCUT2D eigenvalue weighted by Crippen LogP contribution is 2.47. The van der Waals surface area contributed by atoms with Gasteiger partial charge in [0.15, 0.2) is 0 Å². The third kappa shape index (κ3) is 9.58. The Morgan fingerprint density at radius 3 is 2.28 bits per heavy atom. The van der Waals surface area contributed by atoms with Crippen molar-refractivity contribution >= 4 is 27.0 Å². The highest BCUT2D eigenvalue weighted by atomic mass is 32.1. The molecule has 0 saturated carbocycles. The highest BCUT2D eigenvalue weighted by Gasteiger charge is 2.53. The van der Waals surface area contributed by atoms with E-state index in [0.29, 0.717) is 56.5 Å². The minimum atomic E-state index is -1.88. The molecule has 1 saturated heterocycles. The van der Waals surface area contributed by atoms with Crippen molar-refractivity contribution in [1.82, 2.24) is 0 Å². The van der Waals surface area contributed by atoms with Gasteiger partial charge in [0.25, 0.3) is 0 Å². The minimum Gasteiger partial charge on any atom is -0.496 e. The molecular formula is C39H56O7S. The molecule has 1 fully saturated rings. The molecule has 0 aliphatic carbocycles. The summed E-state index contributed by atoms with van der Waals surface area (Å²) in [5.41, 5.74) is 2.03. The van der Waals surface area contributed by atoms with Crippen LogP contribution in [0.1, 0.15) is 101 Å². The van der Waals surface area contributed by atoms with E-state index in [1.165, 1.54) is 4.70 Å². The second kappa shape index (κ2) is 18.9. The number of fused-ring (bicyclic) bond motifs is 1. The molecule has 4 rings (SSSR count). The monoisotopic (exact) mass is 668 g/mol. The van der Waals surface area contributed by atoms with Crippen molar-refractivity contribution in [3.8, 4) is 11.5 Å². The second-order valence-corrected chi connectivity index (χ2v) is 13.5. The fraction of sp³-hybridized carbons (Fsp3) is 0.590. The lowest BCUT2D eigenvalue weighted by Gasteiger charge is -2.47. The first-order valence-electron chi connectivity index (χ1n) is 17.6. The zero-order valence-electron chi connectivity index (χ0n) is 29.2. The minimum absolute atomic E-state index is 0.348. The Labute approximate surface area is 286 Å². The Morgan fingerprint density at radius 1 is 0.894 bits per heavy atom. The molecule has 47 heavy (non-hydrogen) atoms. The van der Waals surface area contributed by atoms with Gasteiger partial charge in [-0.15, -0.1) is 11.3 Å². The van der Waals surface area contributed by atoms with Crippen LogP contribution < -0.4 is 9.47 Å². The molecule has 4 atom stereocenters. The van der Waals surface area contributed by atoms with E-state index in [1.807, 2.05) is 24.3 Å². The van der Waals surface area contributed by atoms with Gasteiger partial charge in [-0.2, -0.15) is 0 Å². The van der Waals surface area contributed by atoms with Crippen LogP contribution in [0.3, 0.4) is 0 Å². The van der Waals surface area contributed by atoms with E-state index in [1.54, 1.807) is 18.4 Å². The van der Waals surface area contributed by atoms with E-state index in [4.69, 9.17) is 28.4 Å². The SMILES string of the molecule is C=C(c1cc2ccccc2s1)c1cc(C2(O)O[C@H](COCCCC)C[C@H](OCCCC)[C@H]2OCCCC)c(OCCCC)cc1OC. The standard InChI is InChI=1S/C39H56O7S/c1-7-11-19-42-27-30-24-35(44-21-13-9-3)38(45-22-14-10-4)39(40,46-30)32-25-31(33(41-6)26-34(32)43-20-12-8-2)28(5)37-23-29-17-15-16-18-36(29)47-37/h15-18,23,25-26,30,35,38,40H,5,7-14,19-22,24,27H2,1-4,6H3/t30-,35-,38+,39?/m0/s1. The first-order valence-corrected chi connectivity index (χ1v) is 18.5. The Morgan fingerprint density at radius 2 is 1.57 bits per heavy atom. The number of rotatable bonds is 21. The van der Waals surface area contributed by atoms with E-state index < -0.39 is 24.1 Å². The van der Waals surface area contributed by atoms with Crippen molar-refractivity contribution in [2.45, 2.75) is 110 Å². The summed E-state index contributed by atoms with van der Waals surface area (Å²) in [4.78, 5) is 1.02. The van der Waals surface area contributed by atoms with E-state index >= 15 is 0 Å². The van der Waals surface area contributed by atoms with E-state index in [2.05, 4.69) is 52.5 Å². The molecule has 7 nitrogen and oxygen atoms in total. The largest absolute Gasteiger partial charge is 0.496 e. The number of methoxy groups -OCH3 is 1. The molecule has 1 aliphatic rings. The molecule has 260 valence electrons. The van der Waals surface area contributed by atoms with Crippen LogP contribution in [0.5, 0.6) is 11.5 Å². The maximum Gasteiger partial charge on any atom is 0.226 e. The second-order valence-electron chi connectivity index (χ2n) is 12.4.